The fourth-order valence-corrected chi connectivity index (χ4v) is 1.64. The van der Waals surface area contributed by atoms with E-state index < -0.39 is 18.0 Å². The van der Waals surface area contributed by atoms with E-state index in [2.05, 4.69) is 0 Å². The van der Waals surface area contributed by atoms with Gasteiger partial charge in [0, 0.05) is 19.4 Å². The van der Waals surface area contributed by atoms with Gasteiger partial charge in [0.1, 0.15) is 5.78 Å². The second kappa shape index (κ2) is 4.37. The summed E-state index contributed by atoms with van der Waals surface area (Å²) in [6, 6.07) is 0. The molecule has 2 unspecified atom stereocenters. The van der Waals surface area contributed by atoms with Gasteiger partial charge in [-0.2, -0.15) is 0 Å². The second-order valence-corrected chi connectivity index (χ2v) is 3.22. The number of Topliss-reactive ketones (excluding diaryl/α,β-unsaturated/α-hetero) is 1. The summed E-state index contributed by atoms with van der Waals surface area (Å²) in [6.07, 6.45) is 0.633. The summed E-state index contributed by atoms with van der Waals surface area (Å²) >= 11 is 0. The lowest BCUT2D eigenvalue weighted by molar-refractivity contribution is -0.151. The van der Waals surface area contributed by atoms with Crippen LogP contribution in [0.1, 0.15) is 26.2 Å². The Bertz CT molecular complexity index is 212. The van der Waals surface area contributed by atoms with Crippen LogP contribution in [0.4, 0.5) is 0 Å². The number of aliphatic carboxylic acids is 1. The van der Waals surface area contributed by atoms with Gasteiger partial charge in [-0.05, 0) is 13.3 Å². The Labute approximate surface area is 76.9 Å². The quantitative estimate of drug-likeness (QED) is 0.709. The van der Waals surface area contributed by atoms with Gasteiger partial charge in [0.25, 0.3) is 0 Å². The summed E-state index contributed by atoms with van der Waals surface area (Å²) in [5, 5.41) is 8.83. The highest BCUT2D eigenvalue weighted by molar-refractivity contribution is 5.83. The molecule has 1 N–H and O–H groups in total. The average Bonchev–Trinajstić information content (AvgIpc) is 2.04. The van der Waals surface area contributed by atoms with E-state index in [1.54, 1.807) is 6.92 Å². The first kappa shape index (κ1) is 10.2. The minimum absolute atomic E-state index is 0.107. The first-order valence-corrected chi connectivity index (χ1v) is 4.51. The van der Waals surface area contributed by atoms with Crippen molar-refractivity contribution in [2.45, 2.75) is 32.3 Å². The molecule has 0 saturated heterocycles. The van der Waals surface area contributed by atoms with Gasteiger partial charge in [-0.25, -0.2) is 0 Å². The summed E-state index contributed by atoms with van der Waals surface area (Å²) in [6.45, 7) is 2.26. The highest BCUT2D eigenvalue weighted by atomic mass is 16.5. The summed E-state index contributed by atoms with van der Waals surface area (Å²) in [4.78, 5) is 21.8. The van der Waals surface area contributed by atoms with Crippen LogP contribution in [0.2, 0.25) is 0 Å². The minimum Gasteiger partial charge on any atom is -0.481 e. The van der Waals surface area contributed by atoms with Crippen LogP contribution in [-0.2, 0) is 14.3 Å². The van der Waals surface area contributed by atoms with Crippen LogP contribution in [-0.4, -0.2) is 29.6 Å². The highest BCUT2D eigenvalue weighted by Crippen LogP contribution is 2.24. The Morgan fingerprint density at radius 2 is 2.38 bits per heavy atom. The Kier molecular flexibility index (Phi) is 3.42. The Balaban J connectivity index is 2.60. The lowest BCUT2D eigenvalue weighted by atomic mass is 9.86. The Morgan fingerprint density at radius 1 is 1.69 bits per heavy atom. The fourth-order valence-electron chi connectivity index (χ4n) is 1.64. The largest absolute Gasteiger partial charge is 0.481 e. The molecule has 0 spiro atoms. The van der Waals surface area contributed by atoms with E-state index >= 15 is 0 Å². The van der Waals surface area contributed by atoms with Gasteiger partial charge in [-0.3, -0.25) is 9.59 Å². The van der Waals surface area contributed by atoms with E-state index in [0.717, 1.165) is 0 Å². The number of carbonyl (C=O) groups is 2. The van der Waals surface area contributed by atoms with E-state index in [9.17, 15) is 9.59 Å². The molecule has 1 aliphatic carbocycles. The van der Waals surface area contributed by atoms with Gasteiger partial charge in [0.05, 0.1) is 12.0 Å². The SMILES string of the molecule is CCOC1CC(=O)CCC1C(=O)O. The topological polar surface area (TPSA) is 63.6 Å². The first-order valence-electron chi connectivity index (χ1n) is 4.51. The van der Waals surface area contributed by atoms with Crippen molar-refractivity contribution in [3.63, 3.8) is 0 Å². The Morgan fingerprint density at radius 3 is 2.92 bits per heavy atom. The summed E-state index contributed by atoms with van der Waals surface area (Å²) in [5.41, 5.74) is 0. The lowest BCUT2D eigenvalue weighted by Crippen LogP contribution is -2.36. The second-order valence-electron chi connectivity index (χ2n) is 3.22. The molecule has 0 aromatic heterocycles. The van der Waals surface area contributed by atoms with Gasteiger partial charge >= 0.3 is 5.97 Å². The van der Waals surface area contributed by atoms with Gasteiger partial charge in [0.2, 0.25) is 0 Å². The van der Waals surface area contributed by atoms with Crippen LogP contribution < -0.4 is 0 Å². The third kappa shape index (κ3) is 2.52. The maximum atomic E-state index is 11.0. The summed E-state index contributed by atoms with van der Waals surface area (Å²) in [7, 11) is 0. The molecule has 4 nitrogen and oxygen atoms in total. The predicted octanol–water partition coefficient (Wildman–Crippen LogP) is 0.845. The number of carboxylic acids is 1. The van der Waals surface area contributed by atoms with Crippen molar-refractivity contribution < 1.29 is 19.4 Å². The number of hydrogen-bond donors (Lipinski definition) is 1. The molecule has 0 bridgehead atoms. The van der Waals surface area contributed by atoms with Crippen molar-refractivity contribution in [1.82, 2.24) is 0 Å². The number of ketones is 1. The first-order chi connectivity index (χ1) is 6.15. The molecule has 74 valence electrons. The monoisotopic (exact) mass is 186 g/mol. The average molecular weight is 186 g/mol. The molecule has 4 heteroatoms. The van der Waals surface area contributed by atoms with E-state index in [1.165, 1.54) is 0 Å². The molecule has 0 heterocycles. The van der Waals surface area contributed by atoms with Gasteiger partial charge < -0.3 is 9.84 Å². The van der Waals surface area contributed by atoms with Gasteiger partial charge in [0.15, 0.2) is 0 Å². The van der Waals surface area contributed by atoms with Crippen LogP contribution in [0.25, 0.3) is 0 Å². The van der Waals surface area contributed by atoms with Crippen LogP contribution in [0.5, 0.6) is 0 Å². The molecule has 0 radical (unpaired) electrons. The third-order valence-electron chi connectivity index (χ3n) is 2.31. The van der Waals surface area contributed by atoms with Crippen molar-refractivity contribution in [3.8, 4) is 0 Å². The van der Waals surface area contributed by atoms with Gasteiger partial charge in [-0.15, -0.1) is 0 Å². The van der Waals surface area contributed by atoms with Crippen LogP contribution >= 0.6 is 0 Å². The number of ether oxygens (including phenoxy) is 1. The smallest absolute Gasteiger partial charge is 0.309 e. The summed E-state index contributed by atoms with van der Waals surface area (Å²) in [5.74, 6) is -1.25. The van der Waals surface area contributed by atoms with Crippen molar-refractivity contribution in [2.75, 3.05) is 6.61 Å². The zero-order valence-corrected chi connectivity index (χ0v) is 7.66. The highest BCUT2D eigenvalue weighted by Gasteiger charge is 2.34. The summed E-state index contributed by atoms with van der Waals surface area (Å²) < 4.78 is 5.23. The third-order valence-corrected chi connectivity index (χ3v) is 2.31. The number of carbonyl (C=O) groups excluding carboxylic acids is 1. The van der Waals surface area contributed by atoms with Crippen molar-refractivity contribution >= 4 is 11.8 Å². The van der Waals surface area contributed by atoms with Crippen LogP contribution in [0, 0.1) is 5.92 Å². The van der Waals surface area contributed by atoms with E-state index in [1.807, 2.05) is 0 Å². The molecule has 13 heavy (non-hydrogen) atoms. The number of rotatable bonds is 3. The van der Waals surface area contributed by atoms with Crippen LogP contribution in [0.3, 0.4) is 0 Å². The molecule has 1 saturated carbocycles. The normalized spacial score (nSPS) is 28.8. The maximum absolute atomic E-state index is 11.0. The molecule has 1 fully saturated rings. The van der Waals surface area contributed by atoms with E-state index in [0.29, 0.717) is 19.4 Å². The fraction of sp³-hybridized carbons (Fsp3) is 0.778. The standard InChI is InChI=1S/C9H14O4/c1-2-13-8-5-6(10)3-4-7(8)9(11)12/h7-8H,2-5H2,1H3,(H,11,12). The molecule has 0 aromatic rings. The number of hydrogen-bond acceptors (Lipinski definition) is 3. The zero-order valence-electron chi connectivity index (χ0n) is 7.66. The molecule has 1 aliphatic rings. The Hall–Kier alpha value is -0.900. The van der Waals surface area contributed by atoms with Crippen molar-refractivity contribution in [2.24, 2.45) is 5.92 Å². The van der Waals surface area contributed by atoms with Gasteiger partial charge in [-0.1, -0.05) is 0 Å². The predicted molar refractivity (Wildman–Crippen MR) is 45.4 cm³/mol. The van der Waals surface area contributed by atoms with E-state index in [4.69, 9.17) is 9.84 Å². The van der Waals surface area contributed by atoms with Crippen LogP contribution in [0.15, 0.2) is 0 Å². The minimum atomic E-state index is -0.856. The molecule has 0 aliphatic heterocycles. The van der Waals surface area contributed by atoms with E-state index in [-0.39, 0.29) is 12.2 Å². The molecule has 0 aromatic carbocycles. The molecule has 1 rings (SSSR count). The molecule has 0 amide bonds. The van der Waals surface area contributed by atoms with Crippen molar-refractivity contribution in [1.29, 1.82) is 0 Å². The molecular formula is C9H14O4. The molecule has 2 atom stereocenters. The number of carboxylic acid groups (broad SMARTS) is 1. The maximum Gasteiger partial charge on any atom is 0.309 e. The lowest BCUT2D eigenvalue weighted by Gasteiger charge is -2.27. The zero-order chi connectivity index (χ0) is 9.84. The van der Waals surface area contributed by atoms with Crippen molar-refractivity contribution in [3.05, 3.63) is 0 Å². The molecular weight excluding hydrogens is 172 g/mol.